The summed E-state index contributed by atoms with van der Waals surface area (Å²) in [7, 11) is 3.61. The van der Waals surface area contributed by atoms with Crippen LogP contribution in [0.25, 0.3) is 0 Å². The summed E-state index contributed by atoms with van der Waals surface area (Å²) >= 11 is 0. The van der Waals surface area contributed by atoms with E-state index in [1.165, 1.54) is 0 Å². The Kier molecular flexibility index (Phi) is 5.83. The van der Waals surface area contributed by atoms with Crippen LogP contribution in [0.4, 0.5) is 0 Å². The Bertz CT molecular complexity index is 296. The molecule has 1 unspecified atom stereocenters. The second-order valence-corrected chi connectivity index (χ2v) is 5.76. The number of aromatic nitrogens is 1. The van der Waals surface area contributed by atoms with Crippen molar-refractivity contribution in [3.8, 4) is 0 Å². The molecule has 1 aliphatic heterocycles. The van der Waals surface area contributed by atoms with Crippen molar-refractivity contribution in [2.75, 3.05) is 0 Å². The zero-order chi connectivity index (χ0) is 11.1. The molecule has 0 aromatic carbocycles. The topological polar surface area (TPSA) is 38.9 Å². The van der Waals surface area contributed by atoms with E-state index in [1.807, 2.05) is 43.0 Å². The lowest BCUT2D eigenvalue weighted by molar-refractivity contribution is 0.834. The minimum atomic E-state index is 0.333. The van der Waals surface area contributed by atoms with Crippen LogP contribution in [0.3, 0.4) is 0 Å². The molecule has 2 N–H and O–H groups in total. The maximum Gasteiger partial charge on any atom is 0.0765 e. The molecule has 2 rings (SSSR count). The summed E-state index contributed by atoms with van der Waals surface area (Å²) in [6.07, 6.45) is 4.02. The molecule has 1 aliphatic rings. The molecule has 0 amide bonds. The lowest BCUT2D eigenvalue weighted by Gasteiger charge is -2.02. The van der Waals surface area contributed by atoms with Crippen LogP contribution in [0.5, 0.6) is 0 Å². The Hall–Kier alpha value is -0.450. The maximum atomic E-state index is 5.11. The van der Waals surface area contributed by atoms with Gasteiger partial charge >= 0.3 is 0 Å². The number of hydrogen-bond donors (Lipinski definition) is 1. The quantitative estimate of drug-likeness (QED) is 0.764. The van der Waals surface area contributed by atoms with Gasteiger partial charge in [0, 0.05) is 6.20 Å². The highest BCUT2D eigenvalue weighted by Crippen LogP contribution is 2.44. The molecule has 2 heterocycles. The maximum absolute atomic E-state index is 5.11. The molecule has 1 aromatic rings. The third-order valence-corrected chi connectivity index (χ3v) is 3.72. The zero-order valence-corrected chi connectivity index (χ0v) is 10.6. The van der Waals surface area contributed by atoms with Crippen molar-refractivity contribution in [1.29, 1.82) is 0 Å². The van der Waals surface area contributed by atoms with Gasteiger partial charge < -0.3 is 5.73 Å². The van der Waals surface area contributed by atoms with Crippen LogP contribution in [0.2, 0.25) is 0 Å². The first-order valence-electron chi connectivity index (χ1n) is 4.85. The van der Waals surface area contributed by atoms with Crippen molar-refractivity contribution in [3.63, 3.8) is 0 Å². The number of hydrogen-bond acceptors (Lipinski definition) is 4. The Balaban J connectivity index is 0.000000245. The van der Waals surface area contributed by atoms with E-state index >= 15 is 0 Å². The fourth-order valence-corrected chi connectivity index (χ4v) is 3.04. The lowest BCUT2D eigenvalue weighted by Crippen LogP contribution is -2.06. The van der Waals surface area contributed by atoms with E-state index in [4.69, 9.17) is 5.73 Å². The fraction of sp³-hybridized carbons (Fsp3) is 0.364. The first kappa shape index (κ1) is 12.6. The van der Waals surface area contributed by atoms with Gasteiger partial charge in [-0.2, -0.15) is 0 Å². The Morgan fingerprint density at radius 3 is 2.60 bits per heavy atom. The molecule has 0 spiro atoms. The van der Waals surface area contributed by atoms with Gasteiger partial charge in [0.05, 0.1) is 10.9 Å². The predicted octanol–water partition coefficient (Wildman–Crippen LogP) is 3.38. The Morgan fingerprint density at radius 1 is 1.40 bits per heavy atom. The molecule has 0 aliphatic carbocycles. The summed E-state index contributed by atoms with van der Waals surface area (Å²) in [6.45, 7) is 3.89. The molecule has 1 aromatic heterocycles. The largest absolute Gasteiger partial charge is 0.328 e. The van der Waals surface area contributed by atoms with Gasteiger partial charge in [0.15, 0.2) is 0 Å². The number of rotatable bonds is 1. The molecule has 0 saturated heterocycles. The van der Waals surface area contributed by atoms with Crippen molar-refractivity contribution in [3.05, 3.63) is 41.6 Å². The molecule has 0 bridgehead atoms. The molecule has 0 radical (unpaired) electrons. The SMILES string of the molecule is C1=CC(c2ccccn2)SS1.CC(C)N. The number of pyridine rings is 1. The summed E-state index contributed by atoms with van der Waals surface area (Å²) in [6, 6.07) is 6.37. The van der Waals surface area contributed by atoms with E-state index in [2.05, 4.69) is 22.5 Å². The van der Waals surface area contributed by atoms with Gasteiger partial charge in [0.2, 0.25) is 0 Å². The predicted molar refractivity (Wildman–Crippen MR) is 70.6 cm³/mol. The first-order chi connectivity index (χ1) is 7.20. The summed E-state index contributed by atoms with van der Waals surface area (Å²) < 4.78 is 0. The molecule has 0 fully saturated rings. The molecular weight excluding hydrogens is 224 g/mol. The fourth-order valence-electron chi connectivity index (χ4n) is 0.920. The van der Waals surface area contributed by atoms with Crippen LogP contribution in [-0.2, 0) is 0 Å². The molecule has 2 nitrogen and oxygen atoms in total. The Morgan fingerprint density at radius 2 is 2.13 bits per heavy atom. The highest BCUT2D eigenvalue weighted by Gasteiger charge is 2.13. The van der Waals surface area contributed by atoms with Crippen molar-refractivity contribution >= 4 is 21.6 Å². The van der Waals surface area contributed by atoms with Gasteiger partial charge in [-0.15, -0.1) is 0 Å². The lowest BCUT2D eigenvalue weighted by atomic mass is 10.3. The second kappa shape index (κ2) is 6.93. The van der Waals surface area contributed by atoms with E-state index in [0.29, 0.717) is 11.3 Å². The van der Waals surface area contributed by atoms with E-state index in [-0.39, 0.29) is 0 Å². The second-order valence-electron chi connectivity index (χ2n) is 3.44. The summed E-state index contributed by atoms with van der Waals surface area (Å²) in [5, 5.41) is 2.57. The normalized spacial score (nSPS) is 18.8. The molecular formula is C11H16N2S2. The molecule has 4 heteroatoms. The minimum absolute atomic E-state index is 0.333. The van der Waals surface area contributed by atoms with Crippen LogP contribution in [0.1, 0.15) is 24.8 Å². The van der Waals surface area contributed by atoms with Crippen molar-refractivity contribution in [1.82, 2.24) is 4.98 Å². The average molecular weight is 240 g/mol. The molecule has 1 atom stereocenters. The average Bonchev–Trinajstić information content (AvgIpc) is 2.71. The smallest absolute Gasteiger partial charge is 0.0765 e. The van der Waals surface area contributed by atoms with Crippen molar-refractivity contribution in [2.45, 2.75) is 25.1 Å². The van der Waals surface area contributed by atoms with Gasteiger partial charge in [0.25, 0.3) is 0 Å². The van der Waals surface area contributed by atoms with Crippen LogP contribution in [-0.4, -0.2) is 11.0 Å². The number of nitrogens with two attached hydrogens (primary N) is 1. The summed E-state index contributed by atoms with van der Waals surface area (Å²) in [5.41, 5.74) is 6.26. The van der Waals surface area contributed by atoms with Crippen LogP contribution in [0.15, 0.2) is 35.9 Å². The number of nitrogens with zero attached hydrogens (tertiary/aromatic N) is 1. The van der Waals surface area contributed by atoms with Gasteiger partial charge in [-0.05, 0) is 23.6 Å². The van der Waals surface area contributed by atoms with Crippen molar-refractivity contribution < 1.29 is 0 Å². The van der Waals surface area contributed by atoms with Crippen molar-refractivity contribution in [2.24, 2.45) is 5.73 Å². The molecule has 82 valence electrons. The first-order valence-corrected chi connectivity index (χ1v) is 7.13. The van der Waals surface area contributed by atoms with Gasteiger partial charge in [-0.25, -0.2) is 0 Å². The van der Waals surface area contributed by atoms with Gasteiger partial charge in [0.1, 0.15) is 0 Å². The standard InChI is InChI=1S/C8H7NS2.C3H9N/c1-2-5-9-7(3-1)8-4-6-10-11-8;1-3(2)4/h1-6,8H;3H,4H2,1-2H3. The summed E-state index contributed by atoms with van der Waals surface area (Å²) in [4.78, 5) is 4.28. The highest BCUT2D eigenvalue weighted by atomic mass is 33.1. The van der Waals surface area contributed by atoms with Crippen LogP contribution >= 0.6 is 21.6 Å². The summed E-state index contributed by atoms with van der Waals surface area (Å²) in [5.74, 6) is 0. The van der Waals surface area contributed by atoms with Crippen LogP contribution in [0, 0.1) is 0 Å². The third-order valence-electron chi connectivity index (χ3n) is 1.45. The van der Waals surface area contributed by atoms with E-state index in [1.54, 1.807) is 10.8 Å². The molecule has 15 heavy (non-hydrogen) atoms. The third kappa shape index (κ3) is 5.25. The zero-order valence-electron chi connectivity index (χ0n) is 8.96. The van der Waals surface area contributed by atoms with E-state index in [0.717, 1.165) is 5.69 Å². The van der Waals surface area contributed by atoms with Gasteiger partial charge in [-0.3, -0.25) is 4.98 Å². The minimum Gasteiger partial charge on any atom is -0.328 e. The monoisotopic (exact) mass is 240 g/mol. The highest BCUT2D eigenvalue weighted by molar-refractivity contribution is 8.78. The van der Waals surface area contributed by atoms with E-state index < -0.39 is 0 Å². The van der Waals surface area contributed by atoms with Crippen LogP contribution < -0.4 is 5.73 Å². The van der Waals surface area contributed by atoms with E-state index in [9.17, 15) is 0 Å². The molecule has 0 saturated carbocycles. The van der Waals surface area contributed by atoms with Gasteiger partial charge in [-0.1, -0.05) is 47.6 Å². The Labute approximate surface area is 99.1 Å².